The van der Waals surface area contributed by atoms with Crippen LogP contribution >= 0.6 is 38.6 Å². The number of fused-ring (bicyclic) bond motifs is 1. The third kappa shape index (κ3) is 2.49. The van der Waals surface area contributed by atoms with Crippen LogP contribution < -0.4 is 11.1 Å². The predicted molar refractivity (Wildman–Crippen MR) is 84.0 cm³/mol. The molecule has 0 unspecified atom stereocenters. The summed E-state index contributed by atoms with van der Waals surface area (Å²) < 4.78 is 2.91. The van der Waals surface area contributed by atoms with Gasteiger partial charge in [0, 0.05) is 9.40 Å². The second-order valence-electron chi connectivity index (χ2n) is 3.81. The zero-order chi connectivity index (χ0) is 13.4. The predicted octanol–water partition coefficient (Wildman–Crippen LogP) is 3.95. The number of carbonyl (C=O) groups excluding carboxylic acids is 1. The van der Waals surface area contributed by atoms with E-state index >= 15 is 0 Å². The van der Waals surface area contributed by atoms with E-state index in [1.54, 1.807) is 17.4 Å². The Kier molecular flexibility index (Phi) is 3.26. The van der Waals surface area contributed by atoms with Crippen LogP contribution in [0, 0.1) is 0 Å². The van der Waals surface area contributed by atoms with Crippen LogP contribution in [-0.2, 0) is 0 Å². The van der Waals surface area contributed by atoms with Gasteiger partial charge in [-0.2, -0.15) is 0 Å². The van der Waals surface area contributed by atoms with E-state index in [1.807, 2.05) is 17.5 Å². The van der Waals surface area contributed by atoms with Crippen molar-refractivity contribution in [1.29, 1.82) is 0 Å². The van der Waals surface area contributed by atoms with Gasteiger partial charge in [0.1, 0.15) is 5.82 Å². The zero-order valence-corrected chi connectivity index (χ0v) is 12.7. The van der Waals surface area contributed by atoms with Gasteiger partial charge in [0.25, 0.3) is 5.91 Å². The summed E-state index contributed by atoms with van der Waals surface area (Å²) in [5.41, 5.74) is 6.15. The first-order chi connectivity index (χ1) is 9.13. The van der Waals surface area contributed by atoms with E-state index in [4.69, 9.17) is 5.73 Å². The molecule has 1 amide bonds. The lowest BCUT2D eigenvalue weighted by molar-refractivity contribution is 0.103. The average molecular weight is 354 g/mol. The average Bonchev–Trinajstić information content (AvgIpc) is 2.93. The minimum absolute atomic E-state index is 0.161. The first-order valence-electron chi connectivity index (χ1n) is 5.33. The van der Waals surface area contributed by atoms with Crippen LogP contribution in [0.1, 0.15) is 9.67 Å². The van der Waals surface area contributed by atoms with Crippen LogP contribution in [0.15, 0.2) is 34.2 Å². The minimum Gasteiger partial charge on any atom is -0.397 e. The Morgan fingerprint density at radius 3 is 2.95 bits per heavy atom. The quantitative estimate of drug-likeness (QED) is 0.732. The van der Waals surface area contributed by atoms with Gasteiger partial charge < -0.3 is 11.1 Å². The molecule has 3 aromatic heterocycles. The lowest BCUT2D eigenvalue weighted by Gasteiger charge is -2.05. The Hall–Kier alpha value is -1.44. The molecule has 0 saturated carbocycles. The molecular weight excluding hydrogens is 346 g/mol. The summed E-state index contributed by atoms with van der Waals surface area (Å²) in [6, 6.07) is 5.61. The number of hydrogen-bond acceptors (Lipinski definition) is 5. The number of carbonyl (C=O) groups is 1. The number of halogens is 1. The highest BCUT2D eigenvalue weighted by molar-refractivity contribution is 9.10. The van der Waals surface area contributed by atoms with Crippen molar-refractivity contribution < 1.29 is 4.79 Å². The second-order valence-corrected chi connectivity index (χ2v) is 6.70. The maximum atomic E-state index is 12.1. The number of anilines is 2. The van der Waals surface area contributed by atoms with Crippen LogP contribution in [0.25, 0.3) is 9.40 Å². The minimum atomic E-state index is -0.161. The summed E-state index contributed by atoms with van der Waals surface area (Å²) in [7, 11) is 0. The molecule has 3 rings (SSSR count). The SMILES string of the molecule is Nc1cnc(NC(=O)c2cc3sccc3s2)c(Br)c1. The number of aromatic nitrogens is 1. The van der Waals surface area contributed by atoms with Crippen molar-refractivity contribution in [3.63, 3.8) is 0 Å². The number of nitrogens with one attached hydrogen (secondary N) is 1. The largest absolute Gasteiger partial charge is 0.397 e. The molecule has 0 fully saturated rings. The Morgan fingerprint density at radius 2 is 2.21 bits per heavy atom. The van der Waals surface area contributed by atoms with Gasteiger partial charge in [0.05, 0.1) is 21.2 Å². The van der Waals surface area contributed by atoms with Crippen LogP contribution in [0.3, 0.4) is 0 Å². The Balaban J connectivity index is 1.86. The fourth-order valence-electron chi connectivity index (χ4n) is 1.59. The number of hydrogen-bond donors (Lipinski definition) is 2. The molecule has 3 N–H and O–H groups in total. The van der Waals surface area contributed by atoms with Gasteiger partial charge in [-0.05, 0) is 39.5 Å². The summed E-state index contributed by atoms with van der Waals surface area (Å²) in [6.07, 6.45) is 1.51. The standard InChI is InChI=1S/C12H8BrN3OS2/c13-7-3-6(14)5-15-11(7)16-12(17)10-4-9-8(19-10)1-2-18-9/h1-5H,14H2,(H,15,16,17). The zero-order valence-electron chi connectivity index (χ0n) is 9.51. The maximum Gasteiger partial charge on any atom is 0.266 e. The number of amides is 1. The summed E-state index contributed by atoms with van der Waals surface area (Å²) in [5.74, 6) is 0.308. The van der Waals surface area contributed by atoms with Gasteiger partial charge in [-0.3, -0.25) is 4.79 Å². The number of thiophene rings is 2. The molecule has 4 nitrogen and oxygen atoms in total. The van der Waals surface area contributed by atoms with Gasteiger partial charge in [-0.1, -0.05) is 0 Å². The molecule has 7 heteroatoms. The fraction of sp³-hybridized carbons (Fsp3) is 0. The molecule has 0 radical (unpaired) electrons. The molecule has 0 spiro atoms. The third-order valence-electron chi connectivity index (χ3n) is 2.46. The van der Waals surface area contributed by atoms with Crippen molar-refractivity contribution in [3.05, 3.63) is 39.1 Å². The third-order valence-corrected chi connectivity index (χ3v) is 5.15. The van der Waals surface area contributed by atoms with E-state index in [-0.39, 0.29) is 5.91 Å². The Morgan fingerprint density at radius 1 is 1.37 bits per heavy atom. The monoisotopic (exact) mass is 353 g/mol. The van der Waals surface area contributed by atoms with E-state index in [0.717, 1.165) is 9.40 Å². The molecular formula is C12H8BrN3OS2. The highest BCUT2D eigenvalue weighted by atomic mass is 79.9. The normalized spacial score (nSPS) is 10.8. The van der Waals surface area contributed by atoms with E-state index in [2.05, 4.69) is 26.2 Å². The van der Waals surface area contributed by atoms with Crippen LogP contribution in [0.4, 0.5) is 11.5 Å². The molecule has 3 aromatic rings. The molecule has 0 aliphatic heterocycles. The van der Waals surface area contributed by atoms with Crippen LogP contribution in [0.2, 0.25) is 0 Å². The Labute approximate surface area is 125 Å². The molecule has 0 bridgehead atoms. The molecule has 0 aromatic carbocycles. The first-order valence-corrected chi connectivity index (χ1v) is 7.82. The lowest BCUT2D eigenvalue weighted by Crippen LogP contribution is -2.12. The van der Waals surface area contributed by atoms with Gasteiger partial charge in [-0.25, -0.2) is 4.98 Å². The first kappa shape index (κ1) is 12.6. The van der Waals surface area contributed by atoms with Crippen molar-refractivity contribution in [2.75, 3.05) is 11.1 Å². The van der Waals surface area contributed by atoms with Crippen molar-refractivity contribution in [3.8, 4) is 0 Å². The molecule has 0 atom stereocenters. The highest BCUT2D eigenvalue weighted by Crippen LogP contribution is 2.31. The molecule has 0 aliphatic rings. The van der Waals surface area contributed by atoms with E-state index in [1.165, 1.54) is 17.5 Å². The Bertz CT molecular complexity index is 737. The van der Waals surface area contributed by atoms with Crippen molar-refractivity contribution >= 4 is 65.4 Å². The van der Waals surface area contributed by atoms with Gasteiger partial charge in [-0.15, -0.1) is 22.7 Å². The summed E-state index contributed by atoms with van der Waals surface area (Å²) in [5, 5.41) is 4.78. The van der Waals surface area contributed by atoms with E-state index < -0.39 is 0 Å². The van der Waals surface area contributed by atoms with Crippen LogP contribution in [-0.4, -0.2) is 10.9 Å². The van der Waals surface area contributed by atoms with E-state index in [0.29, 0.717) is 20.9 Å². The number of nitrogens with two attached hydrogens (primary N) is 1. The summed E-state index contributed by atoms with van der Waals surface area (Å²) >= 11 is 6.42. The number of nitrogens with zero attached hydrogens (tertiary/aromatic N) is 1. The summed E-state index contributed by atoms with van der Waals surface area (Å²) in [4.78, 5) is 16.9. The van der Waals surface area contributed by atoms with Gasteiger partial charge >= 0.3 is 0 Å². The topological polar surface area (TPSA) is 68.0 Å². The fourth-order valence-corrected chi connectivity index (χ4v) is 4.06. The number of nitrogen functional groups attached to an aromatic ring is 1. The molecule has 0 saturated heterocycles. The van der Waals surface area contributed by atoms with E-state index in [9.17, 15) is 4.79 Å². The van der Waals surface area contributed by atoms with Crippen LogP contribution in [0.5, 0.6) is 0 Å². The second kappa shape index (κ2) is 4.92. The van der Waals surface area contributed by atoms with Gasteiger partial charge in [0.15, 0.2) is 0 Å². The maximum absolute atomic E-state index is 12.1. The number of pyridine rings is 1. The molecule has 3 heterocycles. The smallest absolute Gasteiger partial charge is 0.266 e. The van der Waals surface area contributed by atoms with Crippen molar-refractivity contribution in [2.24, 2.45) is 0 Å². The summed E-state index contributed by atoms with van der Waals surface area (Å²) in [6.45, 7) is 0. The molecule has 96 valence electrons. The molecule has 0 aliphatic carbocycles. The van der Waals surface area contributed by atoms with Crippen molar-refractivity contribution in [1.82, 2.24) is 4.98 Å². The van der Waals surface area contributed by atoms with Gasteiger partial charge in [0.2, 0.25) is 0 Å². The number of rotatable bonds is 2. The highest BCUT2D eigenvalue weighted by Gasteiger charge is 2.13. The molecule has 19 heavy (non-hydrogen) atoms. The lowest BCUT2D eigenvalue weighted by atomic mass is 10.4. The van der Waals surface area contributed by atoms with Crippen molar-refractivity contribution in [2.45, 2.75) is 0 Å².